The predicted octanol–water partition coefficient (Wildman–Crippen LogP) is 2.69. The summed E-state index contributed by atoms with van der Waals surface area (Å²) in [7, 11) is 0. The molecule has 8 heteroatoms. The van der Waals surface area contributed by atoms with Crippen LogP contribution >= 0.6 is 0 Å². The van der Waals surface area contributed by atoms with E-state index in [0.29, 0.717) is 17.1 Å². The van der Waals surface area contributed by atoms with E-state index in [9.17, 15) is 4.79 Å². The summed E-state index contributed by atoms with van der Waals surface area (Å²) in [4.78, 5) is 20.9. The van der Waals surface area contributed by atoms with E-state index in [4.69, 9.17) is 10.4 Å². The standard InChI is InChI=1S/C20H20N6O2/c1-13-8-9-17(14(2)24-13)22-12-18(25-21)20(27)23-11-16-10-19(28-26-16)15-6-4-3-5-7-15/h3-10,12H,11,21H2,1-2H3,(H,23,27)/b22-12?,25-18+. The predicted molar refractivity (Wildman–Crippen MR) is 107 cm³/mol. The Morgan fingerprint density at radius 3 is 2.71 bits per heavy atom. The maximum atomic E-state index is 12.3. The van der Waals surface area contributed by atoms with Gasteiger partial charge in [0.15, 0.2) is 11.5 Å². The lowest BCUT2D eigenvalue weighted by Crippen LogP contribution is -2.32. The highest BCUT2D eigenvalue weighted by Crippen LogP contribution is 2.19. The van der Waals surface area contributed by atoms with E-state index in [0.717, 1.165) is 17.0 Å². The summed E-state index contributed by atoms with van der Waals surface area (Å²) in [5.74, 6) is 5.50. The molecule has 3 N–H and O–H groups in total. The van der Waals surface area contributed by atoms with Gasteiger partial charge >= 0.3 is 0 Å². The van der Waals surface area contributed by atoms with Gasteiger partial charge in [0.05, 0.1) is 24.1 Å². The van der Waals surface area contributed by atoms with E-state index in [1.165, 1.54) is 6.21 Å². The minimum absolute atomic E-state index is 0.00764. The normalized spacial score (nSPS) is 11.7. The number of aromatic nitrogens is 2. The summed E-state index contributed by atoms with van der Waals surface area (Å²) in [5.41, 5.74) is 3.77. The van der Waals surface area contributed by atoms with Crippen LogP contribution in [-0.4, -0.2) is 28.0 Å². The molecule has 1 amide bonds. The molecule has 1 aromatic carbocycles. The summed E-state index contributed by atoms with van der Waals surface area (Å²) in [6, 6.07) is 15.0. The molecule has 0 fully saturated rings. The summed E-state index contributed by atoms with van der Waals surface area (Å²) in [6.07, 6.45) is 1.31. The number of nitrogens with two attached hydrogens (primary N) is 1. The second kappa shape index (κ2) is 8.72. The van der Waals surface area contributed by atoms with Crippen molar-refractivity contribution in [3.05, 3.63) is 65.6 Å². The first-order valence-electron chi connectivity index (χ1n) is 8.62. The third-order valence-corrected chi connectivity index (χ3v) is 3.94. The largest absolute Gasteiger partial charge is 0.356 e. The Labute approximate surface area is 162 Å². The first-order valence-corrected chi connectivity index (χ1v) is 8.62. The fraction of sp³-hybridized carbons (Fsp3) is 0.150. The third-order valence-electron chi connectivity index (χ3n) is 3.94. The molecule has 0 aliphatic rings. The number of carbonyl (C=O) groups is 1. The first kappa shape index (κ1) is 19.0. The van der Waals surface area contributed by atoms with Crippen LogP contribution in [0.5, 0.6) is 0 Å². The molecule has 28 heavy (non-hydrogen) atoms. The molecule has 8 nitrogen and oxygen atoms in total. The lowest BCUT2D eigenvalue weighted by molar-refractivity contribution is -0.114. The Bertz CT molecular complexity index is 1020. The molecule has 142 valence electrons. The van der Waals surface area contributed by atoms with Crippen LogP contribution in [-0.2, 0) is 11.3 Å². The number of nitrogens with zero attached hydrogens (tertiary/aromatic N) is 4. The number of carbonyl (C=O) groups excluding carboxylic acids is 1. The minimum atomic E-state index is -0.465. The van der Waals surface area contributed by atoms with Crippen LogP contribution in [0.4, 0.5) is 5.69 Å². The van der Waals surface area contributed by atoms with E-state index in [2.05, 4.69) is 25.6 Å². The average molecular weight is 376 g/mol. The summed E-state index contributed by atoms with van der Waals surface area (Å²) < 4.78 is 5.31. The molecule has 0 aliphatic carbocycles. The fourth-order valence-electron chi connectivity index (χ4n) is 2.49. The van der Waals surface area contributed by atoms with Crippen molar-refractivity contribution in [3.8, 4) is 11.3 Å². The maximum absolute atomic E-state index is 12.3. The molecule has 0 unspecified atom stereocenters. The molecule has 0 saturated heterocycles. The van der Waals surface area contributed by atoms with Crippen molar-refractivity contribution in [2.24, 2.45) is 15.9 Å². The van der Waals surface area contributed by atoms with Crippen LogP contribution in [0.1, 0.15) is 17.1 Å². The van der Waals surface area contributed by atoms with Gasteiger partial charge in [0.2, 0.25) is 0 Å². The van der Waals surface area contributed by atoms with Gasteiger partial charge in [-0.05, 0) is 26.0 Å². The van der Waals surface area contributed by atoms with Crippen LogP contribution < -0.4 is 11.2 Å². The van der Waals surface area contributed by atoms with E-state index < -0.39 is 5.91 Å². The fourth-order valence-corrected chi connectivity index (χ4v) is 2.49. The third kappa shape index (κ3) is 4.67. The number of rotatable bonds is 6. The SMILES string of the molecule is Cc1ccc(N=C/C(=N\N)C(=O)NCc2cc(-c3ccccc3)on2)c(C)n1. The molecular weight excluding hydrogens is 356 g/mol. The zero-order valence-corrected chi connectivity index (χ0v) is 15.6. The van der Waals surface area contributed by atoms with Gasteiger partial charge in [0, 0.05) is 17.3 Å². The number of hydrazone groups is 1. The van der Waals surface area contributed by atoms with Crippen LogP contribution in [0.2, 0.25) is 0 Å². The van der Waals surface area contributed by atoms with Gasteiger partial charge in [-0.3, -0.25) is 14.8 Å². The first-order chi connectivity index (χ1) is 13.6. The second-order valence-corrected chi connectivity index (χ2v) is 6.06. The van der Waals surface area contributed by atoms with Crippen LogP contribution in [0.25, 0.3) is 11.3 Å². The number of hydrogen-bond donors (Lipinski definition) is 2. The number of amides is 1. The maximum Gasteiger partial charge on any atom is 0.273 e. The highest BCUT2D eigenvalue weighted by molar-refractivity contribution is 6.60. The number of aliphatic imine (C=N–C) groups is 1. The van der Waals surface area contributed by atoms with Crippen molar-refractivity contribution in [3.63, 3.8) is 0 Å². The lowest BCUT2D eigenvalue weighted by atomic mass is 10.1. The molecule has 0 saturated carbocycles. The van der Waals surface area contributed by atoms with E-state index in [1.807, 2.05) is 56.3 Å². The quantitative estimate of drug-likeness (QED) is 0.389. The van der Waals surface area contributed by atoms with Crippen molar-refractivity contribution in [2.45, 2.75) is 20.4 Å². The zero-order valence-electron chi connectivity index (χ0n) is 15.6. The highest BCUT2D eigenvalue weighted by atomic mass is 16.5. The number of hydrogen-bond acceptors (Lipinski definition) is 7. The van der Waals surface area contributed by atoms with Gasteiger partial charge in [-0.2, -0.15) is 5.10 Å². The highest BCUT2D eigenvalue weighted by Gasteiger charge is 2.12. The van der Waals surface area contributed by atoms with Crippen LogP contribution in [0.15, 0.2) is 63.1 Å². The zero-order chi connectivity index (χ0) is 19.9. The Morgan fingerprint density at radius 2 is 2.00 bits per heavy atom. The summed E-state index contributed by atoms with van der Waals surface area (Å²) >= 11 is 0. The lowest BCUT2D eigenvalue weighted by Gasteiger charge is -2.03. The minimum Gasteiger partial charge on any atom is -0.356 e. The van der Waals surface area contributed by atoms with E-state index in [1.54, 1.807) is 6.07 Å². The Balaban J connectivity index is 1.62. The Hall–Kier alpha value is -3.81. The molecule has 0 radical (unpaired) electrons. The van der Waals surface area contributed by atoms with Gasteiger partial charge in [-0.15, -0.1) is 0 Å². The van der Waals surface area contributed by atoms with E-state index in [-0.39, 0.29) is 12.3 Å². The van der Waals surface area contributed by atoms with Crippen LogP contribution in [0, 0.1) is 13.8 Å². The van der Waals surface area contributed by atoms with Gasteiger partial charge in [0.1, 0.15) is 5.69 Å². The number of aryl methyl sites for hydroxylation is 2. The average Bonchev–Trinajstić information content (AvgIpc) is 3.18. The molecule has 2 heterocycles. The van der Waals surface area contributed by atoms with Gasteiger partial charge in [0.25, 0.3) is 5.91 Å². The Kier molecular flexibility index (Phi) is 5.91. The molecule has 3 aromatic rings. The number of pyridine rings is 1. The van der Waals surface area contributed by atoms with Gasteiger partial charge in [-0.1, -0.05) is 35.5 Å². The van der Waals surface area contributed by atoms with Crippen molar-refractivity contribution in [1.29, 1.82) is 0 Å². The second-order valence-electron chi connectivity index (χ2n) is 6.06. The Morgan fingerprint density at radius 1 is 1.21 bits per heavy atom. The molecule has 3 rings (SSSR count). The van der Waals surface area contributed by atoms with Crippen LogP contribution in [0.3, 0.4) is 0 Å². The molecule has 0 atom stereocenters. The van der Waals surface area contributed by atoms with Crippen molar-refractivity contribution in [2.75, 3.05) is 0 Å². The van der Waals surface area contributed by atoms with Gasteiger partial charge < -0.3 is 15.7 Å². The van der Waals surface area contributed by atoms with Gasteiger partial charge in [-0.25, -0.2) is 0 Å². The number of nitrogens with one attached hydrogen (secondary N) is 1. The summed E-state index contributed by atoms with van der Waals surface area (Å²) in [6.45, 7) is 3.91. The van der Waals surface area contributed by atoms with Crippen molar-refractivity contribution < 1.29 is 9.32 Å². The molecule has 2 aromatic heterocycles. The smallest absolute Gasteiger partial charge is 0.273 e. The topological polar surface area (TPSA) is 119 Å². The van der Waals surface area contributed by atoms with Crippen molar-refractivity contribution in [1.82, 2.24) is 15.5 Å². The van der Waals surface area contributed by atoms with E-state index >= 15 is 0 Å². The number of benzene rings is 1. The molecule has 0 bridgehead atoms. The summed E-state index contributed by atoms with van der Waals surface area (Å²) in [5, 5.41) is 10.2. The molecule has 0 spiro atoms. The monoisotopic (exact) mass is 376 g/mol. The molecule has 0 aliphatic heterocycles. The molecular formula is C20H20N6O2. The van der Waals surface area contributed by atoms with Crippen molar-refractivity contribution >= 4 is 23.5 Å².